The summed E-state index contributed by atoms with van der Waals surface area (Å²) in [6, 6.07) is 2.91. The highest BCUT2D eigenvalue weighted by atomic mass is 35.5. The predicted octanol–water partition coefficient (Wildman–Crippen LogP) is 3.58. The second-order valence-corrected chi connectivity index (χ2v) is 6.20. The third-order valence-corrected chi connectivity index (χ3v) is 3.56. The van der Waals surface area contributed by atoms with Gasteiger partial charge in [0, 0.05) is 17.8 Å². The summed E-state index contributed by atoms with van der Waals surface area (Å²) in [6.07, 6.45) is 0.820. The van der Waals surface area contributed by atoms with Crippen LogP contribution in [0.3, 0.4) is 0 Å². The number of amides is 1. The van der Waals surface area contributed by atoms with Crippen molar-refractivity contribution in [3.05, 3.63) is 39.5 Å². The molecule has 0 bridgehead atoms. The normalized spacial score (nSPS) is 11.2. The van der Waals surface area contributed by atoms with Crippen LogP contribution in [-0.4, -0.2) is 30.3 Å². The van der Waals surface area contributed by atoms with Gasteiger partial charge in [-0.3, -0.25) is 9.59 Å². The minimum atomic E-state index is -0.753. The SMILES string of the molecule is CCNC(=O)c1cc(Cl)cc(NC=C(C(C)=O)C(=O)OC(C)C)c1Cl. The number of rotatable bonds is 7. The van der Waals surface area contributed by atoms with Gasteiger partial charge in [-0.05, 0) is 39.8 Å². The zero-order valence-corrected chi connectivity index (χ0v) is 15.9. The molecule has 1 aromatic rings. The van der Waals surface area contributed by atoms with Gasteiger partial charge in [-0.2, -0.15) is 0 Å². The lowest BCUT2D eigenvalue weighted by atomic mass is 10.1. The number of nitrogens with one attached hydrogen (secondary N) is 2. The van der Waals surface area contributed by atoms with E-state index in [9.17, 15) is 14.4 Å². The number of carbonyl (C=O) groups excluding carboxylic acids is 3. The Morgan fingerprint density at radius 1 is 1.24 bits per heavy atom. The van der Waals surface area contributed by atoms with Gasteiger partial charge in [0.1, 0.15) is 5.57 Å². The summed E-state index contributed by atoms with van der Waals surface area (Å²) in [6.45, 7) is 6.80. The number of ether oxygens (including phenoxy) is 1. The van der Waals surface area contributed by atoms with Crippen LogP contribution in [-0.2, 0) is 14.3 Å². The third-order valence-electron chi connectivity index (χ3n) is 2.93. The van der Waals surface area contributed by atoms with Crippen LogP contribution in [0, 0.1) is 0 Å². The van der Waals surface area contributed by atoms with Crippen molar-refractivity contribution in [3.8, 4) is 0 Å². The molecule has 0 spiro atoms. The first-order valence-electron chi connectivity index (χ1n) is 7.63. The van der Waals surface area contributed by atoms with Crippen molar-refractivity contribution in [1.82, 2.24) is 5.32 Å². The van der Waals surface area contributed by atoms with E-state index in [2.05, 4.69) is 10.6 Å². The standard InChI is InChI=1S/C17H20Cl2N2O4/c1-5-20-16(23)12-6-11(18)7-14(15(12)19)21-8-13(10(4)22)17(24)25-9(2)3/h6-9,21H,5H2,1-4H3,(H,20,23). The highest BCUT2D eigenvalue weighted by molar-refractivity contribution is 6.38. The number of benzene rings is 1. The molecule has 25 heavy (non-hydrogen) atoms. The number of hydrogen-bond donors (Lipinski definition) is 2. The van der Waals surface area contributed by atoms with Gasteiger partial charge in [-0.25, -0.2) is 4.79 Å². The molecule has 0 saturated heterocycles. The van der Waals surface area contributed by atoms with E-state index in [-0.39, 0.29) is 38.9 Å². The van der Waals surface area contributed by atoms with Crippen LogP contribution in [0.5, 0.6) is 0 Å². The molecule has 0 aromatic heterocycles. The third kappa shape index (κ3) is 6.07. The van der Waals surface area contributed by atoms with E-state index in [1.165, 1.54) is 25.3 Å². The number of hydrogen-bond acceptors (Lipinski definition) is 5. The molecule has 0 unspecified atom stereocenters. The molecule has 6 nitrogen and oxygen atoms in total. The van der Waals surface area contributed by atoms with Gasteiger partial charge in [-0.15, -0.1) is 0 Å². The maximum absolute atomic E-state index is 12.0. The minimum Gasteiger partial charge on any atom is -0.459 e. The van der Waals surface area contributed by atoms with Crippen LogP contribution in [0.1, 0.15) is 38.1 Å². The van der Waals surface area contributed by atoms with E-state index in [0.29, 0.717) is 6.54 Å². The van der Waals surface area contributed by atoms with Crippen molar-refractivity contribution in [2.24, 2.45) is 0 Å². The second-order valence-electron chi connectivity index (χ2n) is 5.39. The molecule has 2 N–H and O–H groups in total. The lowest BCUT2D eigenvalue weighted by Gasteiger charge is -2.12. The first-order valence-corrected chi connectivity index (χ1v) is 8.38. The minimum absolute atomic E-state index is 0.117. The largest absolute Gasteiger partial charge is 0.459 e. The van der Waals surface area contributed by atoms with E-state index >= 15 is 0 Å². The van der Waals surface area contributed by atoms with Crippen molar-refractivity contribution in [1.29, 1.82) is 0 Å². The summed E-state index contributed by atoms with van der Waals surface area (Å²) in [5.41, 5.74) is 0.289. The molecule has 0 aliphatic carbocycles. The predicted molar refractivity (Wildman–Crippen MR) is 98.1 cm³/mol. The Kier molecular flexibility index (Phi) is 7.93. The Labute approximate surface area is 156 Å². The van der Waals surface area contributed by atoms with Gasteiger partial charge in [0.05, 0.1) is 22.4 Å². The van der Waals surface area contributed by atoms with Gasteiger partial charge in [0.15, 0.2) is 5.78 Å². The van der Waals surface area contributed by atoms with Crippen LogP contribution in [0.2, 0.25) is 10.0 Å². The van der Waals surface area contributed by atoms with Crippen LogP contribution < -0.4 is 10.6 Å². The molecular formula is C17H20Cl2N2O4. The Morgan fingerprint density at radius 2 is 1.88 bits per heavy atom. The van der Waals surface area contributed by atoms with Gasteiger partial charge < -0.3 is 15.4 Å². The van der Waals surface area contributed by atoms with E-state index in [1.54, 1.807) is 20.8 Å². The fraction of sp³-hybridized carbons (Fsp3) is 0.353. The summed E-state index contributed by atoms with van der Waals surface area (Å²) in [5.74, 6) is -1.61. The zero-order valence-electron chi connectivity index (χ0n) is 14.4. The number of ketones is 1. The van der Waals surface area contributed by atoms with E-state index < -0.39 is 11.8 Å². The average Bonchev–Trinajstić information content (AvgIpc) is 2.49. The Morgan fingerprint density at radius 3 is 2.40 bits per heavy atom. The van der Waals surface area contributed by atoms with Crippen LogP contribution >= 0.6 is 23.2 Å². The van der Waals surface area contributed by atoms with Crippen molar-refractivity contribution in [2.75, 3.05) is 11.9 Å². The zero-order chi connectivity index (χ0) is 19.1. The maximum atomic E-state index is 12.0. The van der Waals surface area contributed by atoms with Crippen molar-refractivity contribution >= 4 is 46.5 Å². The second kappa shape index (κ2) is 9.44. The smallest absolute Gasteiger partial charge is 0.343 e. The maximum Gasteiger partial charge on any atom is 0.343 e. The molecule has 0 fully saturated rings. The molecule has 136 valence electrons. The molecule has 0 radical (unpaired) electrons. The van der Waals surface area contributed by atoms with Crippen molar-refractivity contribution in [2.45, 2.75) is 33.8 Å². The molecule has 1 amide bonds. The number of esters is 1. The van der Waals surface area contributed by atoms with Crippen LogP contribution in [0.15, 0.2) is 23.9 Å². The highest BCUT2D eigenvalue weighted by Gasteiger charge is 2.19. The topological polar surface area (TPSA) is 84.5 Å². The molecule has 1 rings (SSSR count). The molecular weight excluding hydrogens is 367 g/mol. The molecule has 0 heterocycles. The Balaban J connectivity index is 3.18. The lowest BCUT2D eigenvalue weighted by Crippen LogP contribution is -2.23. The first kappa shape index (κ1) is 21.0. The highest BCUT2D eigenvalue weighted by Crippen LogP contribution is 2.30. The summed E-state index contributed by atoms with van der Waals surface area (Å²) in [7, 11) is 0. The van der Waals surface area contributed by atoms with Crippen LogP contribution in [0.25, 0.3) is 0 Å². The van der Waals surface area contributed by atoms with Gasteiger partial charge >= 0.3 is 5.97 Å². The molecule has 1 aromatic carbocycles. The molecule has 0 aliphatic rings. The van der Waals surface area contributed by atoms with E-state index in [1.807, 2.05) is 0 Å². The quantitative estimate of drug-likeness (QED) is 0.323. The van der Waals surface area contributed by atoms with Crippen molar-refractivity contribution < 1.29 is 19.1 Å². The average molecular weight is 387 g/mol. The first-order chi connectivity index (χ1) is 11.7. The number of Topliss-reactive ketones (excluding diaryl/α,β-unsaturated/α-hetero) is 1. The summed E-state index contributed by atoms with van der Waals surface area (Å²) >= 11 is 12.2. The molecule has 0 saturated carbocycles. The summed E-state index contributed by atoms with van der Waals surface area (Å²) < 4.78 is 5.02. The monoisotopic (exact) mass is 386 g/mol. The fourth-order valence-corrected chi connectivity index (χ4v) is 2.31. The van der Waals surface area contributed by atoms with E-state index in [4.69, 9.17) is 27.9 Å². The number of halogens is 2. The van der Waals surface area contributed by atoms with Gasteiger partial charge in [0.2, 0.25) is 0 Å². The summed E-state index contributed by atoms with van der Waals surface area (Å²) in [5, 5.41) is 5.76. The number of anilines is 1. The molecule has 0 aliphatic heterocycles. The van der Waals surface area contributed by atoms with E-state index in [0.717, 1.165) is 0 Å². The Bertz CT molecular complexity index is 715. The molecule has 8 heteroatoms. The Hall–Kier alpha value is -2.05. The van der Waals surface area contributed by atoms with Gasteiger partial charge in [0.25, 0.3) is 5.91 Å². The van der Waals surface area contributed by atoms with Crippen LogP contribution in [0.4, 0.5) is 5.69 Å². The number of carbonyl (C=O) groups is 3. The lowest BCUT2D eigenvalue weighted by molar-refractivity contribution is -0.143. The summed E-state index contributed by atoms with van der Waals surface area (Å²) in [4.78, 5) is 35.6. The fourth-order valence-electron chi connectivity index (χ4n) is 1.85. The molecule has 0 atom stereocenters. The van der Waals surface area contributed by atoms with Crippen molar-refractivity contribution in [3.63, 3.8) is 0 Å². The van der Waals surface area contributed by atoms with Gasteiger partial charge in [-0.1, -0.05) is 23.2 Å².